The van der Waals surface area contributed by atoms with Crippen molar-refractivity contribution in [3.05, 3.63) is 81.3 Å². The van der Waals surface area contributed by atoms with Crippen molar-refractivity contribution in [3.8, 4) is 11.8 Å². The van der Waals surface area contributed by atoms with Crippen LogP contribution < -0.4 is 0 Å². The van der Waals surface area contributed by atoms with Crippen molar-refractivity contribution in [3.63, 3.8) is 0 Å². The van der Waals surface area contributed by atoms with Crippen LogP contribution in [0.5, 0.6) is 11.8 Å². The molecule has 1 heterocycles. The van der Waals surface area contributed by atoms with Gasteiger partial charge in [-0.15, -0.1) is 0 Å². The van der Waals surface area contributed by atoms with Crippen LogP contribution in [-0.4, -0.2) is 14.8 Å². The van der Waals surface area contributed by atoms with Gasteiger partial charge in [-0.05, 0) is 29.7 Å². The van der Waals surface area contributed by atoms with Crippen LogP contribution in [0.25, 0.3) is 0 Å². The molecule has 1 aliphatic rings. The van der Waals surface area contributed by atoms with Gasteiger partial charge in [-0.2, -0.15) is 0 Å². The van der Waals surface area contributed by atoms with E-state index in [0.717, 1.165) is 33.1 Å². The molecular formula is C20H18BrNO2. The number of aromatic nitrogens is 1. The van der Waals surface area contributed by atoms with Gasteiger partial charge in [0.2, 0.25) is 0 Å². The summed E-state index contributed by atoms with van der Waals surface area (Å²) in [5, 5.41) is 21.4. The molecule has 1 aromatic heterocycles. The van der Waals surface area contributed by atoms with Crippen molar-refractivity contribution >= 4 is 15.9 Å². The van der Waals surface area contributed by atoms with Gasteiger partial charge in [0.05, 0.1) is 12.0 Å². The second kappa shape index (κ2) is 5.42. The molecule has 0 radical (unpaired) electrons. The Kier molecular flexibility index (Phi) is 3.46. The summed E-state index contributed by atoms with van der Waals surface area (Å²) in [7, 11) is 0. The van der Waals surface area contributed by atoms with Crippen molar-refractivity contribution in [2.75, 3.05) is 0 Å². The summed E-state index contributed by atoms with van der Waals surface area (Å²) in [5.74, 6) is 0.348. The number of hydrogen-bond acceptors (Lipinski definition) is 2. The minimum Gasteiger partial charge on any atom is -0.494 e. The van der Waals surface area contributed by atoms with Crippen LogP contribution in [0.1, 0.15) is 35.6 Å². The molecule has 0 saturated heterocycles. The first-order valence-electron chi connectivity index (χ1n) is 8.05. The highest BCUT2D eigenvalue weighted by Crippen LogP contribution is 2.66. The number of halogens is 1. The van der Waals surface area contributed by atoms with E-state index in [0.29, 0.717) is 6.54 Å². The highest BCUT2D eigenvalue weighted by atomic mass is 79.9. The lowest BCUT2D eigenvalue weighted by atomic mass is 9.88. The third kappa shape index (κ3) is 2.02. The maximum Gasteiger partial charge on any atom is 0.199 e. The number of aromatic hydroxyl groups is 2. The van der Waals surface area contributed by atoms with E-state index in [1.54, 1.807) is 4.57 Å². The normalized spacial score (nSPS) is 14.4. The molecule has 2 N–H and O–H groups in total. The number of rotatable bonds is 4. The highest BCUT2D eigenvalue weighted by Gasteiger charge is 2.58. The van der Waals surface area contributed by atoms with E-state index in [4.69, 9.17) is 0 Å². The topological polar surface area (TPSA) is 45.4 Å². The molecule has 0 fully saturated rings. The van der Waals surface area contributed by atoms with Gasteiger partial charge in [0.1, 0.15) is 0 Å². The maximum atomic E-state index is 10.7. The third-order valence-electron chi connectivity index (χ3n) is 5.03. The van der Waals surface area contributed by atoms with Crippen LogP contribution in [-0.2, 0) is 12.0 Å². The first kappa shape index (κ1) is 15.3. The Morgan fingerprint density at radius 3 is 2.21 bits per heavy atom. The van der Waals surface area contributed by atoms with Crippen LogP contribution in [0.2, 0.25) is 0 Å². The molecule has 122 valence electrons. The Labute approximate surface area is 149 Å². The fourth-order valence-electron chi connectivity index (χ4n) is 3.81. The maximum absolute atomic E-state index is 10.7. The SMILES string of the molecule is CCC1(c2cccc(Br)c2)c2c1c(O)n(Cc1ccccc1)c2O. The molecule has 0 unspecified atom stereocenters. The van der Waals surface area contributed by atoms with E-state index in [1.165, 1.54) is 0 Å². The van der Waals surface area contributed by atoms with Gasteiger partial charge in [-0.25, -0.2) is 0 Å². The minimum absolute atomic E-state index is 0.174. The van der Waals surface area contributed by atoms with Gasteiger partial charge >= 0.3 is 0 Å². The van der Waals surface area contributed by atoms with Gasteiger partial charge in [-0.3, -0.25) is 4.57 Å². The van der Waals surface area contributed by atoms with Gasteiger partial charge in [-0.1, -0.05) is 65.3 Å². The van der Waals surface area contributed by atoms with Crippen molar-refractivity contribution in [2.24, 2.45) is 0 Å². The molecule has 3 nitrogen and oxygen atoms in total. The molecule has 0 bridgehead atoms. The lowest BCUT2D eigenvalue weighted by Crippen LogP contribution is -2.13. The van der Waals surface area contributed by atoms with Crippen LogP contribution >= 0.6 is 15.9 Å². The van der Waals surface area contributed by atoms with Crippen LogP contribution in [0.4, 0.5) is 0 Å². The molecular weight excluding hydrogens is 366 g/mol. The summed E-state index contributed by atoms with van der Waals surface area (Å²) < 4.78 is 2.59. The molecule has 0 amide bonds. The molecule has 3 aromatic rings. The second-order valence-electron chi connectivity index (χ2n) is 6.24. The predicted octanol–water partition coefficient (Wildman–Crippen LogP) is 4.77. The average molecular weight is 384 g/mol. The highest BCUT2D eigenvalue weighted by molar-refractivity contribution is 9.10. The monoisotopic (exact) mass is 383 g/mol. The fraction of sp³-hybridized carbons (Fsp3) is 0.200. The second-order valence-corrected chi connectivity index (χ2v) is 7.15. The molecule has 0 aliphatic heterocycles. The predicted molar refractivity (Wildman–Crippen MR) is 97.6 cm³/mol. The van der Waals surface area contributed by atoms with E-state index >= 15 is 0 Å². The smallest absolute Gasteiger partial charge is 0.199 e. The fourth-order valence-corrected chi connectivity index (χ4v) is 4.21. The Bertz CT molecular complexity index is 887. The lowest BCUT2D eigenvalue weighted by Gasteiger charge is -2.20. The quantitative estimate of drug-likeness (QED) is 0.681. The molecule has 2 aromatic carbocycles. The van der Waals surface area contributed by atoms with Crippen molar-refractivity contribution in [1.29, 1.82) is 0 Å². The lowest BCUT2D eigenvalue weighted by molar-refractivity contribution is 0.362. The van der Waals surface area contributed by atoms with E-state index in [9.17, 15) is 10.2 Å². The number of fused-ring (bicyclic) bond motifs is 1. The Morgan fingerprint density at radius 2 is 1.62 bits per heavy atom. The minimum atomic E-state index is -0.356. The van der Waals surface area contributed by atoms with E-state index in [-0.39, 0.29) is 17.2 Å². The largest absolute Gasteiger partial charge is 0.494 e. The number of benzene rings is 2. The Hall–Kier alpha value is -2.20. The number of hydrogen-bond donors (Lipinski definition) is 2. The third-order valence-corrected chi connectivity index (χ3v) is 5.52. The molecule has 1 aliphatic carbocycles. The first-order chi connectivity index (χ1) is 11.6. The van der Waals surface area contributed by atoms with Crippen LogP contribution in [0.3, 0.4) is 0 Å². The molecule has 4 heteroatoms. The Balaban J connectivity index is 1.76. The van der Waals surface area contributed by atoms with E-state index in [2.05, 4.69) is 35.0 Å². The van der Waals surface area contributed by atoms with Crippen LogP contribution in [0.15, 0.2) is 59.1 Å². The zero-order valence-electron chi connectivity index (χ0n) is 13.3. The first-order valence-corrected chi connectivity index (χ1v) is 8.84. The van der Waals surface area contributed by atoms with E-state index in [1.807, 2.05) is 42.5 Å². The summed E-state index contributed by atoms with van der Waals surface area (Å²) >= 11 is 3.51. The molecule has 0 spiro atoms. The van der Waals surface area contributed by atoms with Crippen molar-refractivity contribution in [2.45, 2.75) is 25.3 Å². The molecule has 0 atom stereocenters. The van der Waals surface area contributed by atoms with Gasteiger partial charge < -0.3 is 10.2 Å². The zero-order chi connectivity index (χ0) is 16.9. The summed E-state index contributed by atoms with van der Waals surface area (Å²) in [6.07, 6.45) is 0.807. The average Bonchev–Trinajstić information content (AvgIpc) is 3.23. The summed E-state index contributed by atoms with van der Waals surface area (Å²) in [6.45, 7) is 2.55. The van der Waals surface area contributed by atoms with Crippen molar-refractivity contribution in [1.82, 2.24) is 4.57 Å². The molecule has 4 rings (SSSR count). The molecule has 24 heavy (non-hydrogen) atoms. The standard InChI is InChI=1S/C20H18BrNO2/c1-2-20(14-9-6-10-15(21)11-14)16-17(20)19(24)22(18(16)23)12-13-7-4-3-5-8-13/h3-11,23-24H,2,12H2,1H3. The zero-order valence-corrected chi connectivity index (χ0v) is 14.9. The summed E-state index contributed by atoms with van der Waals surface area (Å²) in [5.41, 5.74) is 3.50. The van der Waals surface area contributed by atoms with E-state index < -0.39 is 0 Å². The number of nitrogens with zero attached hydrogens (tertiary/aromatic N) is 1. The van der Waals surface area contributed by atoms with Crippen molar-refractivity contribution < 1.29 is 10.2 Å². The van der Waals surface area contributed by atoms with Gasteiger partial charge in [0.15, 0.2) is 11.8 Å². The van der Waals surface area contributed by atoms with Gasteiger partial charge in [0, 0.05) is 15.6 Å². The molecule has 0 saturated carbocycles. The summed E-state index contributed by atoms with van der Waals surface area (Å²) in [6, 6.07) is 17.9. The Morgan fingerprint density at radius 1 is 0.958 bits per heavy atom. The summed E-state index contributed by atoms with van der Waals surface area (Å²) in [4.78, 5) is 0. The van der Waals surface area contributed by atoms with Gasteiger partial charge in [0.25, 0.3) is 0 Å². The van der Waals surface area contributed by atoms with Crippen LogP contribution in [0, 0.1) is 0 Å².